The number of sulfonamides is 1. The Morgan fingerprint density at radius 2 is 1.81 bits per heavy atom. The third kappa shape index (κ3) is 3.35. The van der Waals surface area contributed by atoms with E-state index in [2.05, 4.69) is 10.4 Å². The first kappa shape index (κ1) is 17.8. The molecule has 0 aliphatic heterocycles. The fourth-order valence-electron chi connectivity index (χ4n) is 2.56. The van der Waals surface area contributed by atoms with Crippen molar-refractivity contribution < 1.29 is 13.2 Å². The predicted octanol–water partition coefficient (Wildman–Crippen LogP) is 1.14. The number of carbonyl (C=O) groups is 1. The molecule has 1 aromatic heterocycles. The molecule has 0 spiro atoms. The average Bonchev–Trinajstić information content (AvgIpc) is 2.57. The van der Waals surface area contributed by atoms with E-state index in [0.717, 1.165) is 5.56 Å². The van der Waals surface area contributed by atoms with Crippen LogP contribution in [-0.4, -0.2) is 24.1 Å². The van der Waals surface area contributed by atoms with Crippen molar-refractivity contribution in [1.82, 2.24) is 9.78 Å². The van der Waals surface area contributed by atoms with Crippen LogP contribution in [0.3, 0.4) is 0 Å². The second-order valence-electron chi connectivity index (χ2n) is 5.85. The summed E-state index contributed by atoms with van der Waals surface area (Å²) in [6.07, 6.45) is 0. The molecule has 1 heterocycles. The highest BCUT2D eigenvalue weighted by molar-refractivity contribution is 7.89. The molecule has 0 aliphatic carbocycles. The smallest absolute Gasteiger partial charge is 0.280 e. The van der Waals surface area contributed by atoms with E-state index in [9.17, 15) is 18.0 Å². The number of amides is 1. The van der Waals surface area contributed by atoms with Crippen molar-refractivity contribution in [3.05, 3.63) is 63.9 Å². The molecule has 0 saturated carbocycles. The van der Waals surface area contributed by atoms with Gasteiger partial charge in [-0.15, -0.1) is 0 Å². The third-order valence-electron chi connectivity index (χ3n) is 3.87. The predicted molar refractivity (Wildman–Crippen MR) is 97.5 cm³/mol. The summed E-state index contributed by atoms with van der Waals surface area (Å²) in [6, 6.07) is 10.6. The lowest BCUT2D eigenvalue weighted by Gasteiger charge is -2.09. The summed E-state index contributed by atoms with van der Waals surface area (Å²) in [5, 5.41) is 12.0. The highest BCUT2D eigenvalue weighted by Gasteiger charge is 2.17. The number of aryl methyl sites for hydroxylation is 2. The van der Waals surface area contributed by atoms with Gasteiger partial charge >= 0.3 is 0 Å². The summed E-state index contributed by atoms with van der Waals surface area (Å²) in [5.74, 6) is -0.683. The maximum Gasteiger partial charge on any atom is 0.280 e. The van der Waals surface area contributed by atoms with Gasteiger partial charge in [0.15, 0.2) is 5.69 Å². The number of nitrogens with zero attached hydrogens (tertiary/aromatic N) is 2. The standard InChI is InChI=1S/C17H16N4O4S/c1-10-3-8-14-13(9-10)16(22)15(20-21(14)2)17(23)19-11-4-6-12(7-5-11)26(18,24)25/h3-9H,1-2H3,(H,19,23)(H2,18,24,25). The molecule has 0 saturated heterocycles. The number of nitrogens with one attached hydrogen (secondary N) is 1. The maximum absolute atomic E-state index is 12.6. The molecule has 0 aliphatic rings. The van der Waals surface area contributed by atoms with E-state index < -0.39 is 21.4 Å². The maximum atomic E-state index is 12.6. The lowest BCUT2D eigenvalue weighted by Crippen LogP contribution is -2.26. The zero-order valence-electron chi connectivity index (χ0n) is 14.1. The van der Waals surface area contributed by atoms with Gasteiger partial charge in [0, 0.05) is 12.7 Å². The van der Waals surface area contributed by atoms with Gasteiger partial charge in [0.1, 0.15) is 0 Å². The Morgan fingerprint density at radius 3 is 2.42 bits per heavy atom. The van der Waals surface area contributed by atoms with Gasteiger partial charge in [-0.2, -0.15) is 5.10 Å². The summed E-state index contributed by atoms with van der Waals surface area (Å²) >= 11 is 0. The van der Waals surface area contributed by atoms with Crippen molar-refractivity contribution in [3.8, 4) is 0 Å². The molecule has 0 bridgehead atoms. The van der Waals surface area contributed by atoms with E-state index in [0.29, 0.717) is 16.6 Å². The molecule has 1 amide bonds. The fourth-order valence-corrected chi connectivity index (χ4v) is 3.07. The van der Waals surface area contributed by atoms with Crippen LogP contribution in [0.5, 0.6) is 0 Å². The van der Waals surface area contributed by atoms with Gasteiger partial charge in [-0.05, 0) is 43.3 Å². The Kier molecular flexibility index (Phi) is 4.34. The number of nitrogens with two attached hydrogens (primary N) is 1. The average molecular weight is 372 g/mol. The van der Waals surface area contributed by atoms with Crippen LogP contribution in [0.15, 0.2) is 52.2 Å². The fraction of sp³-hybridized carbons (Fsp3) is 0.118. The molecule has 0 unspecified atom stereocenters. The molecule has 26 heavy (non-hydrogen) atoms. The summed E-state index contributed by atoms with van der Waals surface area (Å²) in [4.78, 5) is 25.0. The number of aromatic nitrogens is 2. The third-order valence-corrected chi connectivity index (χ3v) is 4.80. The van der Waals surface area contributed by atoms with E-state index in [4.69, 9.17) is 5.14 Å². The lowest BCUT2D eigenvalue weighted by molar-refractivity contribution is 0.101. The Morgan fingerprint density at radius 1 is 1.15 bits per heavy atom. The largest absolute Gasteiger partial charge is 0.320 e. The first-order valence-corrected chi connectivity index (χ1v) is 9.13. The Balaban J connectivity index is 1.98. The van der Waals surface area contributed by atoms with Gasteiger partial charge < -0.3 is 5.32 Å². The number of rotatable bonds is 3. The lowest BCUT2D eigenvalue weighted by atomic mass is 10.1. The van der Waals surface area contributed by atoms with Gasteiger partial charge in [-0.25, -0.2) is 13.6 Å². The van der Waals surface area contributed by atoms with E-state index in [1.807, 2.05) is 13.0 Å². The van der Waals surface area contributed by atoms with E-state index in [-0.39, 0.29) is 10.6 Å². The molecule has 3 aromatic rings. The molecule has 3 rings (SSSR count). The summed E-state index contributed by atoms with van der Waals surface area (Å²) in [6.45, 7) is 1.85. The molecule has 8 nitrogen and oxygen atoms in total. The van der Waals surface area contributed by atoms with E-state index >= 15 is 0 Å². The zero-order chi connectivity index (χ0) is 19.1. The van der Waals surface area contributed by atoms with Gasteiger partial charge in [0.05, 0.1) is 15.8 Å². The summed E-state index contributed by atoms with van der Waals surface area (Å²) < 4.78 is 24.0. The van der Waals surface area contributed by atoms with Crippen molar-refractivity contribution in [3.63, 3.8) is 0 Å². The van der Waals surface area contributed by atoms with Crippen LogP contribution in [0.25, 0.3) is 10.9 Å². The van der Waals surface area contributed by atoms with Crippen molar-refractivity contribution in [1.29, 1.82) is 0 Å². The SMILES string of the molecule is Cc1ccc2c(c1)c(=O)c(C(=O)Nc1ccc(S(N)(=O)=O)cc1)nn2C. The molecular formula is C17H16N4O4S. The van der Waals surface area contributed by atoms with Crippen LogP contribution in [0.2, 0.25) is 0 Å². The number of carbonyl (C=O) groups excluding carboxylic acids is 1. The van der Waals surface area contributed by atoms with Crippen LogP contribution < -0.4 is 15.9 Å². The Hall–Kier alpha value is -3.04. The molecule has 0 atom stereocenters. The number of benzene rings is 2. The Bertz CT molecular complexity index is 1180. The van der Waals surface area contributed by atoms with Crippen LogP contribution in [-0.2, 0) is 17.1 Å². The van der Waals surface area contributed by atoms with Crippen LogP contribution >= 0.6 is 0 Å². The second kappa shape index (κ2) is 6.36. The van der Waals surface area contributed by atoms with Crippen molar-refractivity contribution in [2.75, 3.05) is 5.32 Å². The van der Waals surface area contributed by atoms with Crippen molar-refractivity contribution in [2.45, 2.75) is 11.8 Å². The number of primary sulfonamides is 1. The minimum absolute atomic E-state index is 0.0780. The topological polar surface area (TPSA) is 124 Å². The quantitative estimate of drug-likeness (QED) is 0.713. The second-order valence-corrected chi connectivity index (χ2v) is 7.41. The minimum atomic E-state index is -3.82. The normalized spacial score (nSPS) is 11.5. The number of hydrogen-bond donors (Lipinski definition) is 2. The summed E-state index contributed by atoms with van der Waals surface area (Å²) in [5.41, 5.74) is 1.11. The van der Waals surface area contributed by atoms with Gasteiger partial charge in [0.2, 0.25) is 15.5 Å². The minimum Gasteiger partial charge on any atom is -0.320 e. The highest BCUT2D eigenvalue weighted by Crippen LogP contribution is 2.15. The number of fused-ring (bicyclic) bond motifs is 1. The molecule has 0 radical (unpaired) electrons. The first-order valence-electron chi connectivity index (χ1n) is 7.59. The summed E-state index contributed by atoms with van der Waals surface area (Å²) in [7, 11) is -2.17. The molecule has 2 aromatic carbocycles. The van der Waals surface area contributed by atoms with E-state index in [1.165, 1.54) is 28.9 Å². The molecular weight excluding hydrogens is 356 g/mol. The first-order chi connectivity index (χ1) is 12.2. The highest BCUT2D eigenvalue weighted by atomic mass is 32.2. The zero-order valence-corrected chi connectivity index (χ0v) is 14.9. The molecule has 3 N–H and O–H groups in total. The van der Waals surface area contributed by atoms with Gasteiger partial charge in [-0.3, -0.25) is 14.3 Å². The molecule has 0 fully saturated rings. The van der Waals surface area contributed by atoms with Crippen molar-refractivity contribution >= 4 is 32.5 Å². The molecule has 9 heteroatoms. The number of anilines is 1. The van der Waals surface area contributed by atoms with Gasteiger partial charge in [-0.1, -0.05) is 11.6 Å². The van der Waals surface area contributed by atoms with Gasteiger partial charge in [0.25, 0.3) is 5.91 Å². The van der Waals surface area contributed by atoms with Crippen LogP contribution in [0.4, 0.5) is 5.69 Å². The monoisotopic (exact) mass is 372 g/mol. The Labute approximate surface area is 149 Å². The van der Waals surface area contributed by atoms with Crippen LogP contribution in [0.1, 0.15) is 16.1 Å². The van der Waals surface area contributed by atoms with Crippen molar-refractivity contribution in [2.24, 2.45) is 12.2 Å². The van der Waals surface area contributed by atoms with Crippen LogP contribution in [0, 0.1) is 6.92 Å². The van der Waals surface area contributed by atoms with E-state index in [1.54, 1.807) is 19.2 Å². The number of hydrogen-bond acceptors (Lipinski definition) is 5. The molecule has 134 valence electrons.